The molecule has 0 saturated carbocycles. The van der Waals surface area contributed by atoms with Crippen LogP contribution in [0.3, 0.4) is 0 Å². The van der Waals surface area contributed by atoms with Gasteiger partial charge in [0, 0.05) is 12.6 Å². The van der Waals surface area contributed by atoms with Crippen molar-refractivity contribution in [1.82, 2.24) is 29.7 Å². The number of nitrogens with zero attached hydrogens (tertiary/aromatic N) is 6. The van der Waals surface area contributed by atoms with Crippen LogP contribution in [-0.4, -0.2) is 91.3 Å². The van der Waals surface area contributed by atoms with Crippen molar-refractivity contribution >= 4 is 66.8 Å². The van der Waals surface area contributed by atoms with E-state index in [9.17, 15) is 14.3 Å². The second-order valence-electron chi connectivity index (χ2n) is 8.88. The van der Waals surface area contributed by atoms with Crippen LogP contribution in [0.25, 0.3) is 11.2 Å². The summed E-state index contributed by atoms with van der Waals surface area (Å²) >= 11 is 9.15. The van der Waals surface area contributed by atoms with Gasteiger partial charge in [-0.05, 0) is 11.8 Å². The van der Waals surface area contributed by atoms with Gasteiger partial charge in [-0.3, -0.25) is 24.2 Å². The molecule has 1 saturated heterocycles. The zero-order chi connectivity index (χ0) is 28.2. The van der Waals surface area contributed by atoms with E-state index in [0.29, 0.717) is 11.2 Å². The minimum Gasteiger partial charge on any atom is -0.346 e. The van der Waals surface area contributed by atoms with E-state index in [2.05, 4.69) is 37.5 Å². The molecule has 7 atom stereocenters. The van der Waals surface area contributed by atoms with Crippen molar-refractivity contribution in [3.8, 4) is 0 Å². The van der Waals surface area contributed by atoms with Crippen LogP contribution >= 0.6 is 25.8 Å². The fourth-order valence-electron chi connectivity index (χ4n) is 4.59. The van der Waals surface area contributed by atoms with Gasteiger partial charge in [0.1, 0.15) is 42.3 Å². The molecule has 6 heterocycles. The molecule has 1 amide bonds. The summed E-state index contributed by atoms with van der Waals surface area (Å²) in [7, 11) is 0. The maximum Gasteiger partial charge on any atom is 0.387 e. The van der Waals surface area contributed by atoms with Gasteiger partial charge >= 0.3 is 13.5 Å². The minimum absolute atomic E-state index is 0.107. The van der Waals surface area contributed by atoms with Crippen LogP contribution in [0.15, 0.2) is 29.3 Å². The van der Waals surface area contributed by atoms with E-state index in [4.69, 9.17) is 40.0 Å². The molecule has 21 heteroatoms. The highest BCUT2D eigenvalue weighted by Crippen LogP contribution is 2.57. The predicted molar refractivity (Wildman–Crippen MR) is 142 cm³/mol. The number of amidine groups is 1. The van der Waals surface area contributed by atoms with Gasteiger partial charge in [-0.15, -0.1) is 0 Å². The highest BCUT2D eigenvalue weighted by Gasteiger charge is 2.54. The zero-order valence-corrected chi connectivity index (χ0v) is 23.6. The summed E-state index contributed by atoms with van der Waals surface area (Å²) in [6.07, 6.45) is -0.947. The molecule has 6 rings (SSSR count). The Balaban J connectivity index is 1.33. The number of amides is 1. The minimum atomic E-state index is -4.28. The largest absolute Gasteiger partial charge is 0.387 e. The Morgan fingerprint density at radius 1 is 1.32 bits per heavy atom. The molecular formula is C19H21FN8O8P2S2. The van der Waals surface area contributed by atoms with Gasteiger partial charge in [0.2, 0.25) is 0 Å². The van der Waals surface area contributed by atoms with Gasteiger partial charge in [0.15, 0.2) is 24.1 Å². The number of carbonyl (C=O) groups excluding carboxylic acids is 1. The topological polar surface area (TPSA) is 196 Å². The molecular weight excluding hydrogens is 613 g/mol. The van der Waals surface area contributed by atoms with Crippen molar-refractivity contribution in [2.45, 2.75) is 43.8 Å². The Hall–Kier alpha value is -2.18. The molecule has 214 valence electrons. The van der Waals surface area contributed by atoms with Gasteiger partial charge in [0.25, 0.3) is 5.91 Å². The van der Waals surface area contributed by atoms with E-state index in [1.807, 2.05) is 0 Å². The number of hydrogen-bond donors (Lipinski definition) is 4. The molecule has 16 nitrogen and oxygen atoms in total. The van der Waals surface area contributed by atoms with Crippen molar-refractivity contribution in [1.29, 1.82) is 5.41 Å². The number of halogens is 1. The summed E-state index contributed by atoms with van der Waals surface area (Å²) in [5, 5.41) is 10.2. The Bertz CT molecular complexity index is 1540. The molecule has 3 N–H and O–H groups in total. The molecule has 4 aliphatic rings. The molecule has 40 heavy (non-hydrogen) atoms. The first kappa shape index (κ1) is 28.0. The lowest BCUT2D eigenvalue weighted by Crippen LogP contribution is -2.48. The summed E-state index contributed by atoms with van der Waals surface area (Å²) in [5.41, 5.74) is 1.04. The molecule has 2 aromatic rings. The van der Waals surface area contributed by atoms with E-state index >= 15 is 4.39 Å². The van der Waals surface area contributed by atoms with Crippen LogP contribution in [0.4, 0.5) is 4.39 Å². The molecule has 0 aromatic carbocycles. The maximum atomic E-state index is 15.8. The van der Waals surface area contributed by atoms with Crippen molar-refractivity contribution in [2.24, 2.45) is 4.99 Å². The van der Waals surface area contributed by atoms with Crippen molar-refractivity contribution < 1.29 is 41.5 Å². The van der Waals surface area contributed by atoms with Crippen LogP contribution in [0, 0.1) is 5.41 Å². The molecule has 2 aromatic heterocycles. The van der Waals surface area contributed by atoms with Crippen molar-refractivity contribution in [3.05, 3.63) is 30.1 Å². The number of ether oxygens (including phenoxy) is 1. The van der Waals surface area contributed by atoms with Crippen LogP contribution < -0.4 is 5.32 Å². The number of alkyl halides is 1. The first-order chi connectivity index (χ1) is 19.0. The second-order valence-corrected chi connectivity index (χ2v) is 14.6. The number of thiol groups is 1. The summed E-state index contributed by atoms with van der Waals surface area (Å²) in [4.78, 5) is 40.8. The summed E-state index contributed by atoms with van der Waals surface area (Å²) in [5.74, 6) is -0.515. The van der Waals surface area contributed by atoms with E-state index in [0.717, 1.165) is 0 Å². The van der Waals surface area contributed by atoms with Gasteiger partial charge < -0.3 is 33.5 Å². The second kappa shape index (κ2) is 10.6. The first-order valence-corrected chi connectivity index (χ1v) is 16.9. The number of rotatable bonds is 1. The lowest BCUT2D eigenvalue weighted by atomic mass is 10.1. The molecule has 0 spiro atoms. The van der Waals surface area contributed by atoms with Crippen LogP contribution in [0.2, 0.25) is 0 Å². The fourth-order valence-corrected chi connectivity index (χ4v) is 7.08. The average Bonchev–Trinajstić information content (AvgIpc) is 3.55. The van der Waals surface area contributed by atoms with E-state index in [1.54, 1.807) is 4.57 Å². The molecule has 3 unspecified atom stereocenters. The lowest BCUT2D eigenvalue weighted by Gasteiger charge is -2.31. The molecule has 0 aliphatic carbocycles. The van der Waals surface area contributed by atoms with E-state index in [-0.39, 0.29) is 37.1 Å². The molecule has 2 bridgehead atoms. The molecule has 0 radical (unpaired) electrons. The summed E-state index contributed by atoms with van der Waals surface area (Å²) in [6.45, 7) is -9.08. The quantitative estimate of drug-likeness (QED) is 0.254. The highest BCUT2D eigenvalue weighted by molar-refractivity contribution is 8.44. The summed E-state index contributed by atoms with van der Waals surface area (Å²) < 4.78 is 58.5. The normalized spacial score (nSPS) is 36.9. The van der Waals surface area contributed by atoms with Gasteiger partial charge in [-0.25, -0.2) is 23.9 Å². The standard InChI is InChI=1S/C19H21FN8O8P2S2/c20-14-11-5-33-37(30,39)32-2-1-27-13(25-9-4-22-7-23-17(9)27)6-34-38(31,40)36-16(14)19(35-11)28-8-24-15-10(28)3-12(21)26-18(15)29/h3-4,7-8,11,14-16,19H,1-2,5-6H2,(H,30,39)(H,31,40)(H2,21,26,29)/t11-,14+,15?,16-,19+,37?,38?/m1/s1. The average molecular weight is 635 g/mol. The molecule has 1 fully saturated rings. The number of carbonyl (C=O) groups is 1. The fraction of sp³-hybridized carbons (Fsp3) is 0.474. The number of aliphatic imine (C=N–C) groups is 1. The predicted octanol–water partition coefficient (Wildman–Crippen LogP) is 0.796. The number of aromatic nitrogens is 4. The van der Waals surface area contributed by atoms with Gasteiger partial charge in [-0.2, -0.15) is 0 Å². The lowest BCUT2D eigenvalue weighted by molar-refractivity contribution is -0.120. The van der Waals surface area contributed by atoms with E-state index in [1.165, 1.54) is 29.8 Å². The summed E-state index contributed by atoms with van der Waals surface area (Å²) in [6, 6.07) is -1.00. The van der Waals surface area contributed by atoms with Gasteiger partial charge in [0.05, 0.1) is 31.4 Å². The van der Waals surface area contributed by atoms with Crippen LogP contribution in [0.1, 0.15) is 5.82 Å². The van der Waals surface area contributed by atoms with Gasteiger partial charge in [-0.1, -0.05) is 12.2 Å². The monoisotopic (exact) mass is 634 g/mol. The number of fused-ring (bicyclic) bond motifs is 6. The first-order valence-electron chi connectivity index (χ1n) is 11.7. The SMILES string of the molecule is N=C1C=C2C(N=CN2[C@H]2O[C@@H]3COP(O)(=S)OCCn4c(nc5cncnc54)COP(=O)(S)O[C@@H]2[C@H]3F)C(=O)N1. The zero-order valence-electron chi connectivity index (χ0n) is 20.1. The third kappa shape index (κ3) is 5.38. The Morgan fingerprint density at radius 3 is 2.98 bits per heavy atom. The third-order valence-electron chi connectivity index (χ3n) is 6.33. The third-order valence-corrected chi connectivity index (χ3v) is 9.54. The Morgan fingerprint density at radius 2 is 2.15 bits per heavy atom. The molecule has 4 aliphatic heterocycles. The number of imidazole rings is 1. The highest BCUT2D eigenvalue weighted by atomic mass is 32.7. The maximum absolute atomic E-state index is 15.8. The Kier molecular flexibility index (Phi) is 7.40. The Labute approximate surface area is 235 Å². The smallest absolute Gasteiger partial charge is 0.346 e. The van der Waals surface area contributed by atoms with Crippen LogP contribution in [-0.2, 0) is 57.1 Å². The van der Waals surface area contributed by atoms with E-state index < -0.39 is 56.7 Å². The van der Waals surface area contributed by atoms with Crippen LogP contribution in [0.5, 0.6) is 0 Å². The number of hydrogen-bond acceptors (Lipinski definition) is 14. The van der Waals surface area contributed by atoms with Crippen molar-refractivity contribution in [3.63, 3.8) is 0 Å². The van der Waals surface area contributed by atoms with Crippen molar-refractivity contribution in [2.75, 3.05) is 13.2 Å². The number of nitrogens with one attached hydrogen (secondary N) is 2.